The molecule has 0 atom stereocenters. The fourth-order valence-electron chi connectivity index (χ4n) is 3.42. The third-order valence-corrected chi connectivity index (χ3v) is 5.15. The summed E-state index contributed by atoms with van der Waals surface area (Å²) in [6.45, 7) is 2.43. The van der Waals surface area contributed by atoms with Crippen molar-refractivity contribution in [1.29, 1.82) is 0 Å². The molecule has 0 bridgehead atoms. The Labute approximate surface area is 146 Å². The van der Waals surface area contributed by atoms with Crippen LogP contribution in [0.15, 0.2) is 18.3 Å². The van der Waals surface area contributed by atoms with E-state index in [9.17, 15) is 9.59 Å². The van der Waals surface area contributed by atoms with E-state index in [1.165, 1.54) is 12.0 Å². The highest BCUT2D eigenvalue weighted by molar-refractivity contribution is 5.89. The van der Waals surface area contributed by atoms with Gasteiger partial charge in [-0.3, -0.25) is 14.9 Å². The third kappa shape index (κ3) is 3.25. The predicted octanol–water partition coefficient (Wildman–Crippen LogP) is 3.17. The summed E-state index contributed by atoms with van der Waals surface area (Å²) >= 11 is 0. The Hall–Kier alpha value is -2.37. The Morgan fingerprint density at radius 2 is 2.20 bits per heavy atom. The first kappa shape index (κ1) is 17.5. The summed E-state index contributed by atoms with van der Waals surface area (Å²) in [5.41, 5.74) is 2.32. The number of carbonyl (C=O) groups excluding carboxylic acids is 2. The van der Waals surface area contributed by atoms with Crippen molar-refractivity contribution in [2.45, 2.75) is 45.1 Å². The summed E-state index contributed by atoms with van der Waals surface area (Å²) in [4.78, 5) is 23.5. The van der Waals surface area contributed by atoms with Gasteiger partial charge in [0.1, 0.15) is 0 Å². The quantitative estimate of drug-likeness (QED) is 0.784. The van der Waals surface area contributed by atoms with E-state index in [1.807, 2.05) is 6.07 Å². The maximum Gasteiger partial charge on any atom is 0.228 e. The van der Waals surface area contributed by atoms with Crippen LogP contribution in [0.25, 0.3) is 10.9 Å². The molecule has 1 saturated carbocycles. The molecule has 1 aromatic heterocycles. The lowest BCUT2D eigenvalue weighted by molar-refractivity contribution is -0.125. The summed E-state index contributed by atoms with van der Waals surface area (Å²) in [5, 5.41) is 3.08. The number of aromatic nitrogens is 1. The van der Waals surface area contributed by atoms with Crippen molar-refractivity contribution in [2.75, 3.05) is 18.5 Å². The van der Waals surface area contributed by atoms with Gasteiger partial charge in [-0.15, -0.1) is 0 Å². The average molecular weight is 345 g/mol. The van der Waals surface area contributed by atoms with Crippen LogP contribution in [0.4, 0.5) is 10.1 Å². The van der Waals surface area contributed by atoms with Crippen molar-refractivity contribution in [3.05, 3.63) is 29.7 Å². The molecule has 0 radical (unpaired) electrons. The van der Waals surface area contributed by atoms with Gasteiger partial charge in [-0.05, 0) is 37.3 Å². The first-order valence-electron chi connectivity index (χ1n) is 8.82. The normalized spacial score (nSPS) is 14.4. The van der Waals surface area contributed by atoms with E-state index in [4.69, 9.17) is 0 Å². The molecule has 2 amide bonds. The summed E-state index contributed by atoms with van der Waals surface area (Å²) in [5.74, 6) is -0.600. The molecule has 6 heteroatoms. The maximum absolute atomic E-state index is 15.3. The van der Waals surface area contributed by atoms with E-state index in [-0.39, 0.29) is 18.1 Å². The van der Waals surface area contributed by atoms with Gasteiger partial charge in [0.15, 0.2) is 5.82 Å². The first-order chi connectivity index (χ1) is 12.1. The summed E-state index contributed by atoms with van der Waals surface area (Å²) in [6.07, 6.45) is 6.86. The zero-order valence-corrected chi connectivity index (χ0v) is 14.7. The SMILES string of the molecule is CCc1cn(C2CCC2)c2c(F)c(N(C)CCC(=O)NC=O)ccc12. The van der Waals surface area contributed by atoms with Gasteiger partial charge >= 0.3 is 0 Å². The molecule has 25 heavy (non-hydrogen) atoms. The number of amides is 2. The zero-order valence-electron chi connectivity index (χ0n) is 14.7. The first-order valence-corrected chi connectivity index (χ1v) is 8.82. The number of carbonyl (C=O) groups is 2. The van der Waals surface area contributed by atoms with Crippen LogP contribution in [0.3, 0.4) is 0 Å². The van der Waals surface area contributed by atoms with Crippen molar-refractivity contribution in [3.8, 4) is 0 Å². The molecule has 0 spiro atoms. The number of rotatable bonds is 7. The van der Waals surface area contributed by atoms with E-state index < -0.39 is 0 Å². The second-order valence-corrected chi connectivity index (χ2v) is 6.65. The van der Waals surface area contributed by atoms with Gasteiger partial charge in [-0.2, -0.15) is 0 Å². The fourth-order valence-corrected chi connectivity index (χ4v) is 3.42. The molecule has 5 nitrogen and oxygen atoms in total. The molecule has 1 aliphatic rings. The van der Waals surface area contributed by atoms with Crippen LogP contribution in [0, 0.1) is 5.82 Å². The lowest BCUT2D eigenvalue weighted by Gasteiger charge is -2.28. The molecule has 134 valence electrons. The van der Waals surface area contributed by atoms with Crippen LogP contribution in [-0.4, -0.2) is 30.5 Å². The number of imide groups is 1. The van der Waals surface area contributed by atoms with Crippen molar-refractivity contribution in [2.24, 2.45) is 0 Å². The molecule has 0 aliphatic heterocycles. The molecular formula is C19H24FN3O2. The predicted molar refractivity (Wildman–Crippen MR) is 96.3 cm³/mol. The number of aryl methyl sites for hydroxylation is 1. The summed E-state index contributed by atoms with van der Waals surface area (Å²) in [7, 11) is 1.76. The molecule has 1 fully saturated rings. The van der Waals surface area contributed by atoms with Crippen LogP contribution < -0.4 is 10.2 Å². The monoisotopic (exact) mass is 345 g/mol. The minimum atomic E-state index is -0.366. The Balaban J connectivity index is 1.92. The molecule has 0 saturated heterocycles. The highest BCUT2D eigenvalue weighted by Gasteiger charge is 2.25. The number of nitrogens with zero attached hydrogens (tertiary/aromatic N) is 2. The molecular weight excluding hydrogens is 321 g/mol. The Morgan fingerprint density at radius 3 is 2.80 bits per heavy atom. The molecule has 1 aromatic carbocycles. The second-order valence-electron chi connectivity index (χ2n) is 6.65. The summed E-state index contributed by atoms with van der Waals surface area (Å²) in [6, 6.07) is 4.14. The number of fused-ring (bicyclic) bond motifs is 1. The second kappa shape index (κ2) is 7.25. The van der Waals surface area contributed by atoms with Gasteiger partial charge in [0, 0.05) is 37.6 Å². The lowest BCUT2D eigenvalue weighted by atomic mass is 9.93. The standard InChI is InChI=1S/C19H24FN3O2/c1-3-13-11-23(14-5-4-6-14)19-15(13)7-8-16(18(19)20)22(2)10-9-17(25)21-12-24/h7-8,11-12,14H,3-6,9-10H2,1-2H3,(H,21,24,25). The zero-order chi connectivity index (χ0) is 18.0. The van der Waals surface area contributed by atoms with Crippen LogP contribution in [0.1, 0.15) is 44.2 Å². The molecule has 2 aromatic rings. The van der Waals surface area contributed by atoms with E-state index in [0.717, 1.165) is 24.6 Å². The van der Waals surface area contributed by atoms with Crippen LogP contribution in [0.5, 0.6) is 0 Å². The largest absolute Gasteiger partial charge is 0.372 e. The number of benzene rings is 1. The Kier molecular flexibility index (Phi) is 5.06. The van der Waals surface area contributed by atoms with Gasteiger partial charge in [0.2, 0.25) is 12.3 Å². The third-order valence-electron chi connectivity index (χ3n) is 5.15. The number of hydrogen-bond donors (Lipinski definition) is 1. The molecule has 1 N–H and O–H groups in total. The van der Waals surface area contributed by atoms with Gasteiger partial charge < -0.3 is 9.47 Å². The van der Waals surface area contributed by atoms with Crippen LogP contribution >= 0.6 is 0 Å². The minimum Gasteiger partial charge on any atom is -0.372 e. The average Bonchev–Trinajstić information content (AvgIpc) is 2.91. The van der Waals surface area contributed by atoms with Gasteiger partial charge in [0.25, 0.3) is 0 Å². The molecule has 0 unspecified atom stereocenters. The molecule has 3 rings (SSSR count). The van der Waals surface area contributed by atoms with Crippen LogP contribution in [0.2, 0.25) is 0 Å². The van der Waals surface area contributed by atoms with Crippen molar-refractivity contribution >= 4 is 28.9 Å². The highest BCUT2D eigenvalue weighted by Crippen LogP contribution is 2.39. The van der Waals surface area contributed by atoms with Crippen molar-refractivity contribution < 1.29 is 14.0 Å². The lowest BCUT2D eigenvalue weighted by Crippen LogP contribution is -2.28. The summed E-state index contributed by atoms with van der Waals surface area (Å²) < 4.78 is 17.4. The highest BCUT2D eigenvalue weighted by atomic mass is 19.1. The van der Waals surface area contributed by atoms with Gasteiger partial charge in [0.05, 0.1) is 11.2 Å². The van der Waals surface area contributed by atoms with E-state index in [1.54, 1.807) is 18.0 Å². The number of hydrogen-bond acceptors (Lipinski definition) is 3. The van der Waals surface area contributed by atoms with Gasteiger partial charge in [-0.1, -0.05) is 13.0 Å². The van der Waals surface area contributed by atoms with E-state index in [0.29, 0.717) is 30.2 Å². The maximum atomic E-state index is 15.3. The molecule has 1 aliphatic carbocycles. The van der Waals surface area contributed by atoms with Crippen molar-refractivity contribution in [3.63, 3.8) is 0 Å². The number of nitrogens with one attached hydrogen (secondary N) is 1. The van der Waals surface area contributed by atoms with Crippen molar-refractivity contribution in [1.82, 2.24) is 9.88 Å². The van der Waals surface area contributed by atoms with E-state index in [2.05, 4.69) is 23.0 Å². The minimum absolute atomic E-state index is 0.135. The fraction of sp³-hybridized carbons (Fsp3) is 0.474. The smallest absolute Gasteiger partial charge is 0.228 e. The number of anilines is 1. The Bertz CT molecular complexity index is 796. The van der Waals surface area contributed by atoms with Crippen LogP contribution in [-0.2, 0) is 16.0 Å². The molecule has 1 heterocycles. The van der Waals surface area contributed by atoms with E-state index >= 15 is 4.39 Å². The topological polar surface area (TPSA) is 54.3 Å². The van der Waals surface area contributed by atoms with Gasteiger partial charge in [-0.25, -0.2) is 4.39 Å². The number of halogens is 1. The Morgan fingerprint density at radius 1 is 1.44 bits per heavy atom.